The molecule has 0 bridgehead atoms. The van der Waals surface area contributed by atoms with Gasteiger partial charge in [-0.25, -0.2) is 9.97 Å². The Balaban J connectivity index is 1.80. The van der Waals surface area contributed by atoms with Crippen molar-refractivity contribution in [2.45, 2.75) is 19.3 Å². The van der Waals surface area contributed by atoms with E-state index in [1.165, 1.54) is 19.3 Å². The second-order valence-corrected chi connectivity index (χ2v) is 6.17. The summed E-state index contributed by atoms with van der Waals surface area (Å²) < 4.78 is 0. The Bertz CT molecular complexity index is 710. The standard InChI is InChI=1S/C18H23N5O/c1-22(2)16-13-14(8-10-19-16)18(24)21-15-7-6-9-20-17(15)23-11-4-3-5-12-23/h6-10,13H,3-5,11-12H2,1-2H3,(H,21,24). The SMILES string of the molecule is CN(C)c1cc(C(=O)Nc2cccnc2N2CCCCC2)ccn1. The molecule has 0 atom stereocenters. The number of amides is 1. The first-order chi connectivity index (χ1) is 11.6. The molecule has 0 saturated carbocycles. The number of nitrogens with zero attached hydrogens (tertiary/aromatic N) is 4. The lowest BCUT2D eigenvalue weighted by Gasteiger charge is -2.29. The molecule has 1 amide bonds. The van der Waals surface area contributed by atoms with E-state index in [1.807, 2.05) is 31.1 Å². The maximum absolute atomic E-state index is 12.6. The summed E-state index contributed by atoms with van der Waals surface area (Å²) in [7, 11) is 3.80. The molecule has 6 heteroatoms. The van der Waals surface area contributed by atoms with E-state index in [1.54, 1.807) is 24.5 Å². The number of carbonyl (C=O) groups excluding carboxylic acids is 1. The highest BCUT2D eigenvalue weighted by Gasteiger charge is 2.17. The van der Waals surface area contributed by atoms with Gasteiger partial charge in [0, 0.05) is 45.1 Å². The van der Waals surface area contributed by atoms with Crippen LogP contribution < -0.4 is 15.1 Å². The molecule has 24 heavy (non-hydrogen) atoms. The zero-order valence-electron chi connectivity index (χ0n) is 14.2. The first-order valence-electron chi connectivity index (χ1n) is 8.30. The van der Waals surface area contributed by atoms with Crippen molar-refractivity contribution in [2.75, 3.05) is 42.3 Å². The highest BCUT2D eigenvalue weighted by Crippen LogP contribution is 2.26. The largest absolute Gasteiger partial charge is 0.363 e. The van der Waals surface area contributed by atoms with E-state index in [0.717, 1.165) is 30.4 Å². The van der Waals surface area contributed by atoms with Crippen LogP contribution in [0, 0.1) is 0 Å². The van der Waals surface area contributed by atoms with Crippen LogP contribution >= 0.6 is 0 Å². The van der Waals surface area contributed by atoms with Crippen LogP contribution in [0.15, 0.2) is 36.7 Å². The predicted molar refractivity (Wildman–Crippen MR) is 96.8 cm³/mol. The van der Waals surface area contributed by atoms with Gasteiger partial charge in [-0.1, -0.05) is 0 Å². The fraction of sp³-hybridized carbons (Fsp3) is 0.389. The zero-order valence-corrected chi connectivity index (χ0v) is 14.2. The lowest BCUT2D eigenvalue weighted by Crippen LogP contribution is -2.31. The molecule has 0 unspecified atom stereocenters. The lowest BCUT2D eigenvalue weighted by atomic mass is 10.1. The number of pyridine rings is 2. The third kappa shape index (κ3) is 3.64. The summed E-state index contributed by atoms with van der Waals surface area (Å²) in [6, 6.07) is 7.26. The summed E-state index contributed by atoms with van der Waals surface area (Å²) >= 11 is 0. The molecule has 3 heterocycles. The van der Waals surface area contributed by atoms with Gasteiger partial charge >= 0.3 is 0 Å². The quantitative estimate of drug-likeness (QED) is 0.936. The van der Waals surface area contributed by atoms with Crippen LogP contribution in [0.4, 0.5) is 17.3 Å². The maximum Gasteiger partial charge on any atom is 0.255 e. The Labute approximate surface area is 142 Å². The van der Waals surface area contributed by atoms with Crippen molar-refractivity contribution in [3.63, 3.8) is 0 Å². The predicted octanol–water partition coefficient (Wildman–Crippen LogP) is 2.79. The average Bonchev–Trinajstić information content (AvgIpc) is 2.63. The Morgan fingerprint density at radius 3 is 2.67 bits per heavy atom. The summed E-state index contributed by atoms with van der Waals surface area (Å²) in [6.07, 6.45) is 7.02. The number of aromatic nitrogens is 2. The lowest BCUT2D eigenvalue weighted by molar-refractivity contribution is 0.102. The van der Waals surface area contributed by atoms with E-state index < -0.39 is 0 Å². The van der Waals surface area contributed by atoms with E-state index in [2.05, 4.69) is 20.2 Å². The normalized spacial score (nSPS) is 14.3. The summed E-state index contributed by atoms with van der Waals surface area (Å²) in [5.74, 6) is 1.46. The number of rotatable bonds is 4. The van der Waals surface area contributed by atoms with Crippen LogP contribution in [0.25, 0.3) is 0 Å². The maximum atomic E-state index is 12.6. The molecule has 2 aromatic heterocycles. The van der Waals surface area contributed by atoms with Crippen LogP contribution in [0.5, 0.6) is 0 Å². The topological polar surface area (TPSA) is 61.4 Å². The molecule has 1 aliphatic heterocycles. The van der Waals surface area contributed by atoms with E-state index in [4.69, 9.17) is 0 Å². The average molecular weight is 325 g/mol. The fourth-order valence-corrected chi connectivity index (χ4v) is 2.85. The van der Waals surface area contributed by atoms with Crippen LogP contribution in [0.2, 0.25) is 0 Å². The number of anilines is 3. The Kier molecular flexibility index (Phi) is 4.93. The van der Waals surface area contributed by atoms with Crippen molar-refractivity contribution in [1.82, 2.24) is 9.97 Å². The van der Waals surface area contributed by atoms with Crippen LogP contribution in [-0.4, -0.2) is 43.1 Å². The minimum Gasteiger partial charge on any atom is -0.363 e. The van der Waals surface area contributed by atoms with E-state index in [-0.39, 0.29) is 5.91 Å². The Morgan fingerprint density at radius 1 is 1.12 bits per heavy atom. The van der Waals surface area contributed by atoms with Crippen molar-refractivity contribution in [3.05, 3.63) is 42.2 Å². The molecule has 0 aromatic carbocycles. The van der Waals surface area contributed by atoms with Crippen molar-refractivity contribution in [3.8, 4) is 0 Å². The summed E-state index contributed by atoms with van der Waals surface area (Å²) in [6.45, 7) is 1.97. The van der Waals surface area contributed by atoms with Crippen LogP contribution in [0.1, 0.15) is 29.6 Å². The zero-order chi connectivity index (χ0) is 16.9. The highest BCUT2D eigenvalue weighted by atomic mass is 16.1. The van der Waals surface area contributed by atoms with Gasteiger partial charge in [0.15, 0.2) is 5.82 Å². The molecular weight excluding hydrogens is 302 g/mol. The van der Waals surface area contributed by atoms with Gasteiger partial charge < -0.3 is 15.1 Å². The van der Waals surface area contributed by atoms with Gasteiger partial charge in [0.1, 0.15) is 5.82 Å². The molecule has 1 N–H and O–H groups in total. The smallest absolute Gasteiger partial charge is 0.255 e. The van der Waals surface area contributed by atoms with Gasteiger partial charge in [0.25, 0.3) is 5.91 Å². The minimum absolute atomic E-state index is 0.147. The molecule has 126 valence electrons. The summed E-state index contributed by atoms with van der Waals surface area (Å²) in [5.41, 5.74) is 1.34. The molecule has 3 rings (SSSR count). The molecule has 6 nitrogen and oxygen atoms in total. The van der Waals surface area contributed by atoms with Crippen molar-refractivity contribution >= 4 is 23.2 Å². The van der Waals surface area contributed by atoms with Crippen molar-refractivity contribution < 1.29 is 4.79 Å². The molecule has 0 spiro atoms. The van der Waals surface area contributed by atoms with Gasteiger partial charge in [-0.2, -0.15) is 0 Å². The Hall–Kier alpha value is -2.63. The molecule has 1 saturated heterocycles. The minimum atomic E-state index is -0.147. The van der Waals surface area contributed by atoms with Crippen molar-refractivity contribution in [1.29, 1.82) is 0 Å². The van der Waals surface area contributed by atoms with Crippen LogP contribution in [0.3, 0.4) is 0 Å². The molecule has 2 aromatic rings. The molecular formula is C18H23N5O. The van der Waals surface area contributed by atoms with Gasteiger partial charge in [-0.15, -0.1) is 0 Å². The van der Waals surface area contributed by atoms with Gasteiger partial charge in [-0.3, -0.25) is 4.79 Å². The first-order valence-corrected chi connectivity index (χ1v) is 8.30. The number of piperidine rings is 1. The van der Waals surface area contributed by atoms with E-state index >= 15 is 0 Å². The third-order valence-corrected chi connectivity index (χ3v) is 4.16. The van der Waals surface area contributed by atoms with Gasteiger partial charge in [-0.05, 0) is 43.5 Å². The van der Waals surface area contributed by atoms with Crippen LogP contribution in [-0.2, 0) is 0 Å². The van der Waals surface area contributed by atoms with Crippen molar-refractivity contribution in [2.24, 2.45) is 0 Å². The number of hydrogen-bond donors (Lipinski definition) is 1. The molecule has 0 radical (unpaired) electrons. The van der Waals surface area contributed by atoms with Gasteiger partial charge in [0.05, 0.1) is 5.69 Å². The highest BCUT2D eigenvalue weighted by molar-refractivity contribution is 6.06. The summed E-state index contributed by atoms with van der Waals surface area (Å²) in [5, 5.41) is 3.00. The van der Waals surface area contributed by atoms with E-state index in [9.17, 15) is 4.79 Å². The molecule has 1 fully saturated rings. The molecule has 0 aliphatic carbocycles. The molecule has 1 aliphatic rings. The number of nitrogens with one attached hydrogen (secondary N) is 1. The number of carbonyl (C=O) groups is 1. The Morgan fingerprint density at radius 2 is 1.92 bits per heavy atom. The van der Waals surface area contributed by atoms with E-state index in [0.29, 0.717) is 5.56 Å². The fourth-order valence-electron chi connectivity index (χ4n) is 2.85. The third-order valence-electron chi connectivity index (χ3n) is 4.16. The number of hydrogen-bond acceptors (Lipinski definition) is 5. The van der Waals surface area contributed by atoms with Gasteiger partial charge in [0.2, 0.25) is 0 Å². The summed E-state index contributed by atoms with van der Waals surface area (Å²) in [4.78, 5) is 25.5. The first kappa shape index (κ1) is 16.2. The monoisotopic (exact) mass is 325 g/mol. The second-order valence-electron chi connectivity index (χ2n) is 6.17. The second kappa shape index (κ2) is 7.29.